The van der Waals surface area contributed by atoms with Crippen molar-refractivity contribution in [2.75, 3.05) is 19.7 Å². The van der Waals surface area contributed by atoms with Crippen LogP contribution in [0.15, 0.2) is 23.4 Å². The predicted octanol–water partition coefficient (Wildman–Crippen LogP) is 3.27. The van der Waals surface area contributed by atoms with Crippen LogP contribution >= 0.6 is 0 Å². The highest BCUT2D eigenvalue weighted by Crippen LogP contribution is 2.25. The molecule has 10 heteroatoms. The van der Waals surface area contributed by atoms with Crippen molar-refractivity contribution in [1.82, 2.24) is 19.0 Å². The first-order valence-corrected chi connectivity index (χ1v) is 15.3. The molecule has 1 aliphatic heterocycles. The lowest BCUT2D eigenvalue weighted by atomic mass is 9.91. The average molecular weight is 479 g/mol. The van der Waals surface area contributed by atoms with Crippen molar-refractivity contribution in [2.45, 2.75) is 83.8 Å². The van der Waals surface area contributed by atoms with Crippen LogP contribution in [0.5, 0.6) is 0 Å². The molecule has 0 unspecified atom stereocenters. The molecule has 2 aromatic heterocycles. The molecule has 3 heterocycles. The van der Waals surface area contributed by atoms with Crippen molar-refractivity contribution in [3.8, 4) is 0 Å². The van der Waals surface area contributed by atoms with Gasteiger partial charge in [-0.1, -0.05) is 19.6 Å². The second-order valence-corrected chi connectivity index (χ2v) is 16.9. The van der Waals surface area contributed by atoms with Gasteiger partial charge >= 0.3 is 6.09 Å². The van der Waals surface area contributed by atoms with E-state index < -0.39 is 19.3 Å². The number of ether oxygens (including phenoxy) is 2. The van der Waals surface area contributed by atoms with E-state index in [1.165, 1.54) is 10.9 Å². The fourth-order valence-electron chi connectivity index (χ4n) is 3.77. The van der Waals surface area contributed by atoms with Gasteiger partial charge < -0.3 is 24.0 Å². The summed E-state index contributed by atoms with van der Waals surface area (Å²) in [5.41, 5.74) is -1.25. The van der Waals surface area contributed by atoms with Crippen molar-refractivity contribution < 1.29 is 19.4 Å². The van der Waals surface area contributed by atoms with Gasteiger partial charge in [-0.25, -0.2) is 9.78 Å². The summed E-state index contributed by atoms with van der Waals surface area (Å²) in [6.45, 7) is 14.3. The highest BCUT2D eigenvalue weighted by Gasteiger charge is 2.36. The number of aliphatic hydroxyl groups is 1. The van der Waals surface area contributed by atoms with Crippen LogP contribution in [-0.2, 0) is 22.7 Å². The van der Waals surface area contributed by atoms with E-state index in [1.54, 1.807) is 11.0 Å². The fraction of sp³-hybridized carbons (Fsp3) is 0.696. The number of rotatable bonds is 7. The van der Waals surface area contributed by atoms with Gasteiger partial charge in [0.1, 0.15) is 24.3 Å². The zero-order chi connectivity index (χ0) is 24.4. The maximum atomic E-state index is 13.0. The zero-order valence-corrected chi connectivity index (χ0v) is 21.8. The van der Waals surface area contributed by atoms with Crippen LogP contribution in [0.1, 0.15) is 33.6 Å². The second kappa shape index (κ2) is 9.59. The van der Waals surface area contributed by atoms with Gasteiger partial charge in [0, 0.05) is 34.0 Å². The monoisotopic (exact) mass is 478 g/mol. The van der Waals surface area contributed by atoms with Crippen LogP contribution in [0, 0.1) is 0 Å². The third-order valence-electron chi connectivity index (χ3n) is 5.78. The standard InChI is InChI=1S/C23H38N4O5Si/c1-22(2,3)32-21(29)25-11-8-23(30,9-12-25)15-27-16-24-19-18(20(27)28)7-10-26(19)17-31-13-14-33(4,5)6/h7,10,16,30H,8-9,11-15,17H2,1-6H3. The van der Waals surface area contributed by atoms with E-state index in [-0.39, 0.29) is 18.2 Å². The number of hydrogen-bond acceptors (Lipinski definition) is 6. The third-order valence-corrected chi connectivity index (χ3v) is 7.49. The molecular formula is C23H38N4O5Si. The smallest absolute Gasteiger partial charge is 0.410 e. The third kappa shape index (κ3) is 6.91. The molecule has 1 N–H and O–H groups in total. The minimum atomic E-state index is -1.16. The number of hydrogen-bond donors (Lipinski definition) is 1. The Hall–Kier alpha value is -2.17. The lowest BCUT2D eigenvalue weighted by Crippen LogP contribution is -2.50. The Bertz CT molecular complexity index is 1030. The maximum absolute atomic E-state index is 13.0. The molecule has 9 nitrogen and oxygen atoms in total. The lowest BCUT2D eigenvalue weighted by Gasteiger charge is -2.38. The summed E-state index contributed by atoms with van der Waals surface area (Å²) >= 11 is 0. The lowest BCUT2D eigenvalue weighted by molar-refractivity contribution is -0.0419. The number of carbonyl (C=O) groups is 1. The van der Waals surface area contributed by atoms with Crippen molar-refractivity contribution in [3.05, 3.63) is 28.9 Å². The van der Waals surface area contributed by atoms with Crippen molar-refractivity contribution in [1.29, 1.82) is 0 Å². The van der Waals surface area contributed by atoms with Gasteiger partial charge in [0.05, 0.1) is 17.5 Å². The molecule has 0 aromatic carbocycles. The Labute approximate surface area is 196 Å². The topological polar surface area (TPSA) is 98.8 Å². The van der Waals surface area contributed by atoms with Crippen molar-refractivity contribution in [2.24, 2.45) is 0 Å². The molecule has 1 saturated heterocycles. The van der Waals surface area contributed by atoms with E-state index in [9.17, 15) is 14.7 Å². The summed E-state index contributed by atoms with van der Waals surface area (Å²) in [4.78, 5) is 31.4. The van der Waals surface area contributed by atoms with Gasteiger partial charge in [-0.05, 0) is 45.7 Å². The predicted molar refractivity (Wildman–Crippen MR) is 130 cm³/mol. The summed E-state index contributed by atoms with van der Waals surface area (Å²) in [7, 11) is -1.16. The van der Waals surface area contributed by atoms with E-state index in [0.717, 1.165) is 6.04 Å². The van der Waals surface area contributed by atoms with Crippen LogP contribution in [0.25, 0.3) is 11.0 Å². The number of aromatic nitrogens is 3. The molecule has 0 aliphatic carbocycles. The van der Waals surface area contributed by atoms with Gasteiger partial charge in [0.2, 0.25) is 0 Å². The molecule has 184 valence electrons. The van der Waals surface area contributed by atoms with E-state index in [0.29, 0.717) is 50.3 Å². The van der Waals surface area contributed by atoms with Crippen LogP contribution < -0.4 is 5.56 Å². The Morgan fingerprint density at radius 1 is 1.21 bits per heavy atom. The normalized spacial score (nSPS) is 16.9. The van der Waals surface area contributed by atoms with Crippen LogP contribution in [-0.4, -0.2) is 69.2 Å². The number of likely N-dealkylation sites (tertiary alicyclic amines) is 1. The van der Waals surface area contributed by atoms with Gasteiger partial charge in [0.15, 0.2) is 0 Å². The number of piperidine rings is 1. The van der Waals surface area contributed by atoms with Crippen molar-refractivity contribution in [3.63, 3.8) is 0 Å². The number of carbonyl (C=O) groups excluding carboxylic acids is 1. The Morgan fingerprint density at radius 2 is 1.88 bits per heavy atom. The average Bonchev–Trinajstić information content (AvgIpc) is 3.09. The van der Waals surface area contributed by atoms with Gasteiger partial charge in [-0.3, -0.25) is 9.36 Å². The molecule has 0 spiro atoms. The fourth-order valence-corrected chi connectivity index (χ4v) is 4.53. The number of fused-ring (bicyclic) bond motifs is 1. The second-order valence-electron chi connectivity index (χ2n) is 11.2. The first kappa shape index (κ1) is 25.4. The maximum Gasteiger partial charge on any atom is 0.410 e. The minimum Gasteiger partial charge on any atom is -0.444 e. The zero-order valence-electron chi connectivity index (χ0n) is 20.8. The summed E-state index contributed by atoms with van der Waals surface area (Å²) in [5.74, 6) is 0. The Balaban J connectivity index is 1.62. The molecule has 0 bridgehead atoms. The minimum absolute atomic E-state index is 0.134. The molecule has 0 saturated carbocycles. The summed E-state index contributed by atoms with van der Waals surface area (Å²) in [6.07, 6.45) is 3.65. The first-order chi connectivity index (χ1) is 15.3. The molecular weight excluding hydrogens is 440 g/mol. The largest absolute Gasteiger partial charge is 0.444 e. The van der Waals surface area contributed by atoms with Gasteiger partial charge in [0.25, 0.3) is 5.56 Å². The molecule has 0 radical (unpaired) electrons. The van der Waals surface area contributed by atoms with Crippen LogP contribution in [0.3, 0.4) is 0 Å². The van der Waals surface area contributed by atoms with Crippen molar-refractivity contribution >= 4 is 25.2 Å². The molecule has 3 rings (SSSR count). The van der Waals surface area contributed by atoms with E-state index in [1.807, 2.05) is 31.5 Å². The van der Waals surface area contributed by atoms with E-state index in [2.05, 4.69) is 24.6 Å². The summed E-state index contributed by atoms with van der Waals surface area (Å²) < 4.78 is 14.5. The summed E-state index contributed by atoms with van der Waals surface area (Å²) in [5, 5.41) is 11.6. The van der Waals surface area contributed by atoms with E-state index in [4.69, 9.17) is 9.47 Å². The molecule has 2 aromatic rings. The highest BCUT2D eigenvalue weighted by molar-refractivity contribution is 6.76. The molecule has 33 heavy (non-hydrogen) atoms. The van der Waals surface area contributed by atoms with Gasteiger partial charge in [-0.2, -0.15) is 0 Å². The molecule has 0 atom stereocenters. The molecule has 1 amide bonds. The number of amides is 1. The molecule has 1 aliphatic rings. The van der Waals surface area contributed by atoms with E-state index >= 15 is 0 Å². The Morgan fingerprint density at radius 3 is 2.48 bits per heavy atom. The Kier molecular flexibility index (Phi) is 7.40. The quantitative estimate of drug-likeness (QED) is 0.484. The van der Waals surface area contributed by atoms with Crippen LogP contribution in [0.4, 0.5) is 4.79 Å². The SMILES string of the molecule is CC(C)(C)OC(=O)N1CCC(O)(Cn2cnc3c(ccn3COCC[Si](C)(C)C)c2=O)CC1. The highest BCUT2D eigenvalue weighted by atomic mass is 28.3. The number of nitrogens with zero attached hydrogens (tertiary/aromatic N) is 4. The van der Waals surface area contributed by atoms with Crippen LogP contribution in [0.2, 0.25) is 25.7 Å². The van der Waals surface area contributed by atoms with Gasteiger partial charge in [-0.15, -0.1) is 0 Å². The first-order valence-electron chi connectivity index (χ1n) is 11.6. The molecule has 1 fully saturated rings. The summed E-state index contributed by atoms with van der Waals surface area (Å²) in [6, 6.07) is 2.83.